The molecule has 0 aliphatic heterocycles. The minimum atomic E-state index is -2.64. The fourth-order valence-corrected chi connectivity index (χ4v) is 5.39. The summed E-state index contributed by atoms with van der Waals surface area (Å²) in [6.45, 7) is 2.53. The number of nitrogens with zero attached hydrogens (tertiary/aromatic N) is 1. The van der Waals surface area contributed by atoms with Gasteiger partial charge in [0.1, 0.15) is 12.7 Å². The Bertz CT molecular complexity index is 1280. The zero-order chi connectivity index (χ0) is 27.2. The molecule has 38 heavy (non-hydrogen) atoms. The van der Waals surface area contributed by atoms with Crippen LogP contribution in [-0.4, -0.2) is 49.1 Å². The van der Waals surface area contributed by atoms with Gasteiger partial charge in [-0.1, -0.05) is 18.2 Å². The zero-order valence-corrected chi connectivity index (χ0v) is 22.2. The molecule has 7 nitrogen and oxygen atoms in total. The highest BCUT2D eigenvalue weighted by Gasteiger charge is 2.35. The van der Waals surface area contributed by atoms with Gasteiger partial charge in [-0.2, -0.15) is 0 Å². The van der Waals surface area contributed by atoms with Gasteiger partial charge < -0.3 is 19.5 Å². The van der Waals surface area contributed by atoms with Gasteiger partial charge >= 0.3 is 5.97 Å². The van der Waals surface area contributed by atoms with Crippen molar-refractivity contribution in [1.29, 1.82) is 0 Å². The number of thiazole rings is 1. The third-order valence-electron chi connectivity index (χ3n) is 6.47. The second-order valence-corrected chi connectivity index (χ2v) is 10.2. The average molecular weight is 545 g/mol. The Balaban J connectivity index is 1.59. The smallest absolute Gasteiger partial charge is 0.302 e. The van der Waals surface area contributed by atoms with Crippen LogP contribution in [0.15, 0.2) is 47.8 Å². The van der Waals surface area contributed by atoms with Gasteiger partial charge in [0.15, 0.2) is 11.5 Å². The molecule has 1 saturated carbocycles. The van der Waals surface area contributed by atoms with E-state index in [9.17, 15) is 18.4 Å². The lowest BCUT2D eigenvalue weighted by Crippen LogP contribution is -2.44. The summed E-state index contributed by atoms with van der Waals surface area (Å²) in [5, 5.41) is 6.05. The first-order chi connectivity index (χ1) is 18.2. The molecule has 202 valence electrons. The van der Waals surface area contributed by atoms with E-state index in [2.05, 4.69) is 10.3 Å². The van der Waals surface area contributed by atoms with E-state index in [1.807, 2.05) is 36.6 Å². The van der Waals surface area contributed by atoms with Gasteiger partial charge in [0, 0.05) is 35.4 Å². The van der Waals surface area contributed by atoms with Crippen molar-refractivity contribution in [3.05, 3.63) is 64.0 Å². The number of amides is 1. The van der Waals surface area contributed by atoms with Gasteiger partial charge in [-0.25, -0.2) is 13.8 Å². The van der Waals surface area contributed by atoms with Crippen LogP contribution < -0.4 is 14.8 Å². The van der Waals surface area contributed by atoms with Crippen LogP contribution in [0.3, 0.4) is 0 Å². The fraction of sp³-hybridized carbons (Fsp3) is 0.393. The van der Waals surface area contributed by atoms with Crippen molar-refractivity contribution in [3.63, 3.8) is 0 Å². The van der Waals surface area contributed by atoms with Gasteiger partial charge in [0.05, 0.1) is 17.8 Å². The minimum absolute atomic E-state index is 0.191. The Labute approximate surface area is 224 Å². The molecule has 3 unspecified atom stereocenters. The van der Waals surface area contributed by atoms with Crippen molar-refractivity contribution in [2.24, 2.45) is 0 Å². The van der Waals surface area contributed by atoms with Crippen molar-refractivity contribution < 1.29 is 32.6 Å². The number of hydrogen-bond donors (Lipinski definition) is 1. The van der Waals surface area contributed by atoms with Crippen LogP contribution in [0.2, 0.25) is 0 Å². The standard InChI is InChI=1S/C28H30F2N2O5S/c1-16-31-24(15-38-16)19-5-4-6-20(11-19)28(34)32-23-9-8-21(37-17(2)33)13-22(23)18-7-10-25(35-3)26(12-18)36-14-27(29)30/h4-7,10-12,15,21-23,27H,8-9,13-14H2,1-3H3,(H,32,34). The molecule has 4 rings (SSSR count). The van der Waals surface area contributed by atoms with E-state index in [1.165, 1.54) is 14.0 Å². The molecule has 1 N–H and O–H groups in total. The Morgan fingerprint density at radius 2 is 1.97 bits per heavy atom. The van der Waals surface area contributed by atoms with E-state index in [0.29, 0.717) is 30.6 Å². The van der Waals surface area contributed by atoms with Crippen molar-refractivity contribution in [3.8, 4) is 22.8 Å². The highest BCUT2D eigenvalue weighted by molar-refractivity contribution is 7.09. The van der Waals surface area contributed by atoms with Crippen LogP contribution in [0, 0.1) is 6.92 Å². The number of esters is 1. The molecule has 0 spiro atoms. The van der Waals surface area contributed by atoms with Crippen LogP contribution in [0.5, 0.6) is 11.5 Å². The number of rotatable bonds is 9. The first-order valence-electron chi connectivity index (χ1n) is 12.3. The number of carbonyl (C=O) groups is 2. The number of alkyl halides is 2. The second kappa shape index (κ2) is 12.3. The van der Waals surface area contributed by atoms with E-state index < -0.39 is 13.0 Å². The molecule has 1 amide bonds. The summed E-state index contributed by atoms with van der Waals surface area (Å²) in [5.74, 6) is -0.336. The van der Waals surface area contributed by atoms with Gasteiger partial charge in [-0.15, -0.1) is 11.3 Å². The van der Waals surface area contributed by atoms with Crippen LogP contribution in [-0.2, 0) is 9.53 Å². The average Bonchev–Trinajstić information content (AvgIpc) is 3.34. The lowest BCUT2D eigenvalue weighted by molar-refractivity contribution is -0.148. The number of hydrogen-bond acceptors (Lipinski definition) is 7. The molecule has 3 aromatic rings. The first kappa shape index (κ1) is 27.5. The summed E-state index contributed by atoms with van der Waals surface area (Å²) in [5.41, 5.74) is 2.94. The lowest BCUT2D eigenvalue weighted by atomic mass is 9.78. The number of carbonyl (C=O) groups excluding carboxylic acids is 2. The number of nitrogens with one attached hydrogen (secondary N) is 1. The van der Waals surface area contributed by atoms with Crippen LogP contribution in [0.4, 0.5) is 8.78 Å². The van der Waals surface area contributed by atoms with Crippen molar-refractivity contribution in [2.75, 3.05) is 13.7 Å². The Morgan fingerprint density at radius 1 is 1.16 bits per heavy atom. The van der Waals surface area contributed by atoms with Gasteiger partial charge in [-0.3, -0.25) is 9.59 Å². The lowest BCUT2D eigenvalue weighted by Gasteiger charge is -2.36. The van der Waals surface area contributed by atoms with Crippen LogP contribution in [0.1, 0.15) is 53.0 Å². The summed E-state index contributed by atoms with van der Waals surface area (Å²) in [6, 6.07) is 12.2. The van der Waals surface area contributed by atoms with Gasteiger partial charge in [0.2, 0.25) is 0 Å². The second-order valence-electron chi connectivity index (χ2n) is 9.18. The SMILES string of the molecule is COc1ccc(C2CC(OC(C)=O)CCC2NC(=O)c2cccc(-c3csc(C)n3)c2)cc1OCC(F)F. The topological polar surface area (TPSA) is 86.8 Å². The Hall–Kier alpha value is -3.53. The van der Waals surface area contributed by atoms with Crippen LogP contribution in [0.25, 0.3) is 11.3 Å². The van der Waals surface area contributed by atoms with E-state index >= 15 is 0 Å². The van der Waals surface area contributed by atoms with Crippen molar-refractivity contribution in [1.82, 2.24) is 10.3 Å². The van der Waals surface area contributed by atoms with Gasteiger partial charge in [0.25, 0.3) is 12.3 Å². The largest absolute Gasteiger partial charge is 0.493 e. The molecule has 0 radical (unpaired) electrons. The highest BCUT2D eigenvalue weighted by atomic mass is 32.1. The molecule has 1 aliphatic rings. The molecule has 1 aliphatic carbocycles. The maximum absolute atomic E-state index is 13.3. The molecular weight excluding hydrogens is 514 g/mol. The summed E-state index contributed by atoms with van der Waals surface area (Å²) in [4.78, 5) is 29.5. The first-order valence-corrected chi connectivity index (χ1v) is 13.2. The highest BCUT2D eigenvalue weighted by Crippen LogP contribution is 2.39. The van der Waals surface area contributed by atoms with Crippen molar-refractivity contribution >= 4 is 23.2 Å². The number of halogens is 2. The number of methoxy groups -OCH3 is 1. The Kier molecular flexibility index (Phi) is 8.93. The summed E-state index contributed by atoms with van der Waals surface area (Å²) in [6.07, 6.45) is -1.34. The fourth-order valence-electron chi connectivity index (χ4n) is 4.77. The van der Waals surface area contributed by atoms with E-state index in [1.54, 1.807) is 29.5 Å². The maximum atomic E-state index is 13.3. The van der Waals surface area contributed by atoms with Crippen molar-refractivity contribution in [2.45, 2.75) is 57.6 Å². The number of aromatic nitrogens is 1. The summed E-state index contributed by atoms with van der Waals surface area (Å²) >= 11 is 1.54. The van der Waals surface area contributed by atoms with E-state index in [0.717, 1.165) is 21.8 Å². The predicted octanol–water partition coefficient (Wildman–Crippen LogP) is 5.77. The minimum Gasteiger partial charge on any atom is -0.493 e. The molecule has 0 saturated heterocycles. The van der Waals surface area contributed by atoms with Crippen LogP contribution >= 0.6 is 11.3 Å². The molecule has 1 aromatic heterocycles. The quantitative estimate of drug-likeness (QED) is 0.344. The molecule has 1 heterocycles. The molecule has 0 bridgehead atoms. The Morgan fingerprint density at radius 3 is 2.66 bits per heavy atom. The third-order valence-corrected chi connectivity index (χ3v) is 7.24. The summed E-state index contributed by atoms with van der Waals surface area (Å²) < 4.78 is 41.7. The molecule has 10 heteroatoms. The van der Waals surface area contributed by atoms with Gasteiger partial charge in [-0.05, 0) is 56.0 Å². The molecule has 1 fully saturated rings. The normalized spacial score (nSPS) is 19.2. The molecular formula is C28H30F2N2O5S. The van der Waals surface area contributed by atoms with E-state index in [-0.39, 0.29) is 35.7 Å². The molecule has 3 atom stereocenters. The zero-order valence-electron chi connectivity index (χ0n) is 21.4. The predicted molar refractivity (Wildman–Crippen MR) is 140 cm³/mol. The third kappa shape index (κ3) is 6.86. The summed E-state index contributed by atoms with van der Waals surface area (Å²) in [7, 11) is 1.44. The maximum Gasteiger partial charge on any atom is 0.302 e. The number of aryl methyl sites for hydroxylation is 1. The number of benzene rings is 2. The number of ether oxygens (including phenoxy) is 3. The monoisotopic (exact) mass is 544 g/mol. The molecule has 2 aromatic carbocycles. The van der Waals surface area contributed by atoms with E-state index in [4.69, 9.17) is 14.2 Å².